The lowest BCUT2D eigenvalue weighted by molar-refractivity contribution is -0.396. The number of rotatable bonds is 8. The summed E-state index contributed by atoms with van der Waals surface area (Å²) >= 11 is 1.42. The highest BCUT2D eigenvalue weighted by atomic mass is 32.2. The Morgan fingerprint density at radius 2 is 1.77 bits per heavy atom. The molecule has 0 aliphatic heterocycles. The van der Waals surface area contributed by atoms with E-state index in [1.54, 1.807) is 0 Å². The summed E-state index contributed by atoms with van der Waals surface area (Å²) in [6.07, 6.45) is 0. The van der Waals surface area contributed by atoms with Crippen molar-refractivity contribution in [3.63, 3.8) is 0 Å². The maximum Gasteiger partial charge on any atom is 0.315 e. The highest BCUT2D eigenvalue weighted by Gasteiger charge is 2.13. The van der Waals surface area contributed by atoms with Gasteiger partial charge < -0.3 is 14.8 Å². The fourth-order valence-electron chi connectivity index (χ4n) is 2.48. The summed E-state index contributed by atoms with van der Waals surface area (Å²) < 4.78 is 10.9. The van der Waals surface area contributed by atoms with Crippen LogP contribution < -0.4 is 19.8 Å². The maximum atomic E-state index is 12.1. The number of H-pyrrole nitrogens is 2. The molecule has 136 valence electrons. The summed E-state index contributed by atoms with van der Waals surface area (Å²) in [5, 5.41) is 3.71. The number of fused-ring (bicyclic) bond motifs is 1. The monoisotopic (exact) mass is 372 g/mol. The lowest BCUT2D eigenvalue weighted by Crippen LogP contribution is -2.15. The molecule has 0 spiro atoms. The standard InChI is InChI=1S/C19H21N3O3S/c1-3-24-14-7-5-13(6-8-14)20-18(23)12-26-19-21-16-10-9-15(25-4-2)11-17(16)22-19/h5-11H,3-4,12H2,1-2H3,(H,20,23)(H,21,22)/p+1. The second kappa shape index (κ2) is 8.62. The average Bonchev–Trinajstić information content (AvgIpc) is 3.04. The fourth-order valence-corrected chi connectivity index (χ4v) is 3.19. The highest BCUT2D eigenvalue weighted by molar-refractivity contribution is 7.99. The lowest BCUT2D eigenvalue weighted by atomic mass is 10.3. The number of hydrogen-bond donors (Lipinski definition) is 2. The predicted molar refractivity (Wildman–Crippen MR) is 103 cm³/mol. The van der Waals surface area contributed by atoms with E-state index in [2.05, 4.69) is 15.3 Å². The van der Waals surface area contributed by atoms with E-state index in [-0.39, 0.29) is 5.91 Å². The molecule has 3 N–H and O–H groups in total. The Morgan fingerprint density at radius 1 is 1.08 bits per heavy atom. The van der Waals surface area contributed by atoms with Crippen molar-refractivity contribution in [3.05, 3.63) is 42.5 Å². The van der Waals surface area contributed by atoms with Crippen LogP contribution in [0.3, 0.4) is 0 Å². The normalized spacial score (nSPS) is 10.7. The molecule has 3 aromatic rings. The van der Waals surface area contributed by atoms with E-state index >= 15 is 0 Å². The first-order valence-electron chi connectivity index (χ1n) is 8.51. The van der Waals surface area contributed by atoms with E-state index in [0.29, 0.717) is 19.0 Å². The van der Waals surface area contributed by atoms with Crippen LogP contribution >= 0.6 is 11.8 Å². The summed E-state index contributed by atoms with van der Waals surface area (Å²) in [6.45, 7) is 5.14. The number of nitrogens with one attached hydrogen (secondary N) is 3. The molecule has 3 rings (SSSR count). The van der Waals surface area contributed by atoms with E-state index in [4.69, 9.17) is 9.47 Å². The molecular weight excluding hydrogens is 350 g/mol. The van der Waals surface area contributed by atoms with Crippen molar-refractivity contribution in [2.75, 3.05) is 24.3 Å². The van der Waals surface area contributed by atoms with Crippen molar-refractivity contribution in [2.24, 2.45) is 0 Å². The average molecular weight is 372 g/mol. The number of aromatic nitrogens is 2. The number of ether oxygens (including phenoxy) is 2. The molecule has 1 aromatic heterocycles. The number of carbonyl (C=O) groups excluding carboxylic acids is 1. The number of thioether (sulfide) groups is 1. The van der Waals surface area contributed by atoms with Gasteiger partial charge in [0.05, 0.1) is 19.0 Å². The van der Waals surface area contributed by atoms with Crippen molar-refractivity contribution in [2.45, 2.75) is 19.0 Å². The third-order valence-corrected chi connectivity index (χ3v) is 4.49. The van der Waals surface area contributed by atoms with Crippen LogP contribution in [0, 0.1) is 0 Å². The van der Waals surface area contributed by atoms with Gasteiger partial charge >= 0.3 is 5.16 Å². The van der Waals surface area contributed by atoms with Crippen LogP contribution in [0.2, 0.25) is 0 Å². The van der Waals surface area contributed by atoms with Crippen molar-refractivity contribution in [1.82, 2.24) is 4.98 Å². The van der Waals surface area contributed by atoms with Crippen LogP contribution in [0.5, 0.6) is 11.5 Å². The predicted octanol–water partition coefficient (Wildman–Crippen LogP) is 3.51. The van der Waals surface area contributed by atoms with Gasteiger partial charge in [0.15, 0.2) is 11.0 Å². The zero-order valence-corrected chi connectivity index (χ0v) is 15.6. The first-order chi connectivity index (χ1) is 12.7. The topological polar surface area (TPSA) is 77.5 Å². The first kappa shape index (κ1) is 18.1. The minimum Gasteiger partial charge on any atom is -0.494 e. The van der Waals surface area contributed by atoms with Gasteiger partial charge in [0.25, 0.3) is 0 Å². The number of amides is 1. The molecule has 1 amide bonds. The minimum atomic E-state index is -0.0683. The van der Waals surface area contributed by atoms with Gasteiger partial charge in [0.2, 0.25) is 5.91 Å². The van der Waals surface area contributed by atoms with E-state index in [0.717, 1.165) is 33.4 Å². The second-order valence-electron chi connectivity index (χ2n) is 5.51. The number of imidazole rings is 1. The molecular formula is C19H22N3O3S+. The van der Waals surface area contributed by atoms with Gasteiger partial charge in [-0.1, -0.05) is 0 Å². The Morgan fingerprint density at radius 3 is 2.50 bits per heavy atom. The first-order valence-corrected chi connectivity index (χ1v) is 9.50. The summed E-state index contributed by atoms with van der Waals surface area (Å²) in [4.78, 5) is 18.7. The van der Waals surface area contributed by atoms with Gasteiger partial charge in [-0.25, -0.2) is 9.97 Å². The SMILES string of the molecule is CCOc1ccc(NC(=O)CSc2[nH]c3cc(OCC)ccc3[nH+]2)cc1. The Bertz CT molecular complexity index is 877. The molecule has 0 atom stereocenters. The summed E-state index contributed by atoms with van der Waals surface area (Å²) in [5.74, 6) is 1.84. The van der Waals surface area contributed by atoms with Gasteiger partial charge in [-0.05, 0) is 62.0 Å². The molecule has 0 aliphatic carbocycles. The Kier molecular flexibility index (Phi) is 6.01. The van der Waals surface area contributed by atoms with Crippen LogP contribution in [-0.4, -0.2) is 29.9 Å². The Labute approximate surface area is 156 Å². The van der Waals surface area contributed by atoms with Crippen molar-refractivity contribution >= 4 is 34.4 Å². The van der Waals surface area contributed by atoms with E-state index < -0.39 is 0 Å². The molecule has 26 heavy (non-hydrogen) atoms. The summed E-state index contributed by atoms with van der Waals surface area (Å²) in [5.41, 5.74) is 2.68. The molecule has 0 aliphatic rings. The van der Waals surface area contributed by atoms with Crippen LogP contribution in [-0.2, 0) is 4.79 Å². The van der Waals surface area contributed by atoms with Crippen LogP contribution in [0.1, 0.15) is 13.8 Å². The van der Waals surface area contributed by atoms with Crippen LogP contribution in [0.25, 0.3) is 11.0 Å². The van der Waals surface area contributed by atoms with E-state index in [9.17, 15) is 4.79 Å². The van der Waals surface area contributed by atoms with Gasteiger partial charge in [-0.3, -0.25) is 4.79 Å². The molecule has 0 saturated heterocycles. The maximum absolute atomic E-state index is 12.1. The molecule has 0 radical (unpaired) electrons. The lowest BCUT2D eigenvalue weighted by Gasteiger charge is -2.06. The number of benzene rings is 2. The van der Waals surface area contributed by atoms with Crippen LogP contribution in [0.15, 0.2) is 47.6 Å². The van der Waals surface area contributed by atoms with E-state index in [1.807, 2.05) is 56.3 Å². The largest absolute Gasteiger partial charge is 0.494 e. The molecule has 6 nitrogen and oxygen atoms in total. The van der Waals surface area contributed by atoms with Gasteiger partial charge in [0, 0.05) is 11.8 Å². The van der Waals surface area contributed by atoms with Gasteiger partial charge in [-0.2, -0.15) is 0 Å². The molecule has 7 heteroatoms. The van der Waals surface area contributed by atoms with Crippen LogP contribution in [0.4, 0.5) is 5.69 Å². The fraction of sp³-hybridized carbons (Fsp3) is 0.263. The number of aromatic amines is 2. The summed E-state index contributed by atoms with van der Waals surface area (Å²) in [6, 6.07) is 13.2. The molecule has 2 aromatic carbocycles. The second-order valence-corrected chi connectivity index (χ2v) is 6.50. The third kappa shape index (κ3) is 4.70. The Hall–Kier alpha value is -2.67. The smallest absolute Gasteiger partial charge is 0.315 e. The molecule has 0 bridgehead atoms. The zero-order chi connectivity index (χ0) is 18.4. The Balaban J connectivity index is 1.56. The summed E-state index contributed by atoms with van der Waals surface area (Å²) in [7, 11) is 0. The third-order valence-electron chi connectivity index (χ3n) is 3.60. The van der Waals surface area contributed by atoms with Gasteiger partial charge in [0.1, 0.15) is 11.5 Å². The van der Waals surface area contributed by atoms with Gasteiger partial charge in [-0.15, -0.1) is 0 Å². The molecule has 0 saturated carbocycles. The highest BCUT2D eigenvalue weighted by Crippen LogP contribution is 2.21. The minimum absolute atomic E-state index is 0.0683. The number of hydrogen-bond acceptors (Lipinski definition) is 4. The van der Waals surface area contributed by atoms with Crippen molar-refractivity contribution in [3.8, 4) is 11.5 Å². The van der Waals surface area contributed by atoms with E-state index in [1.165, 1.54) is 11.8 Å². The zero-order valence-electron chi connectivity index (χ0n) is 14.8. The number of anilines is 1. The molecule has 1 heterocycles. The number of carbonyl (C=O) groups is 1. The van der Waals surface area contributed by atoms with Crippen molar-refractivity contribution in [1.29, 1.82) is 0 Å². The van der Waals surface area contributed by atoms with Crippen molar-refractivity contribution < 1.29 is 19.3 Å². The molecule has 0 fully saturated rings. The quantitative estimate of drug-likeness (QED) is 0.593. The molecule has 0 unspecified atom stereocenters.